The molecule has 2 aromatic rings. The van der Waals surface area contributed by atoms with Gasteiger partial charge in [0.2, 0.25) is 15.9 Å². The Kier molecular flexibility index (Phi) is 5.53. The molecule has 0 fully saturated rings. The van der Waals surface area contributed by atoms with Crippen molar-refractivity contribution in [3.63, 3.8) is 0 Å². The summed E-state index contributed by atoms with van der Waals surface area (Å²) in [5.74, 6) is 0.431. The number of sulfonamides is 1. The second-order valence-electron chi connectivity index (χ2n) is 4.36. The minimum absolute atomic E-state index is 0.0439. The lowest BCUT2D eigenvalue weighted by Crippen LogP contribution is -2.27. The Balaban J connectivity index is 1.80. The van der Waals surface area contributed by atoms with Crippen LogP contribution in [0, 0.1) is 0 Å². The molecular formula is C14H16N2O4S2. The molecule has 118 valence electrons. The van der Waals surface area contributed by atoms with Gasteiger partial charge in [0.15, 0.2) is 0 Å². The van der Waals surface area contributed by atoms with Gasteiger partial charge in [-0.15, -0.1) is 11.3 Å². The molecule has 1 heterocycles. The molecule has 8 heteroatoms. The minimum Gasteiger partial charge on any atom is -0.497 e. The number of carbonyl (C=O) groups excluding carboxylic acids is 1. The maximum atomic E-state index is 11.9. The maximum Gasteiger partial charge on any atom is 0.250 e. The van der Waals surface area contributed by atoms with Gasteiger partial charge in [0, 0.05) is 18.7 Å². The molecule has 0 saturated heterocycles. The molecule has 0 aliphatic heterocycles. The number of rotatable bonds is 7. The molecule has 6 nitrogen and oxygen atoms in total. The lowest BCUT2D eigenvalue weighted by molar-refractivity contribution is -0.116. The first-order valence-corrected chi connectivity index (χ1v) is 8.84. The first-order valence-electron chi connectivity index (χ1n) is 6.48. The van der Waals surface area contributed by atoms with E-state index < -0.39 is 10.0 Å². The fourth-order valence-electron chi connectivity index (χ4n) is 1.68. The van der Waals surface area contributed by atoms with Crippen LogP contribution in [0.5, 0.6) is 5.75 Å². The molecule has 2 rings (SSSR count). The standard InChI is InChI=1S/C14H16N2O4S2/c1-20-12-6-4-11(5-7-12)16-13(17)8-9-15-22(18,19)14-3-2-10-21-14/h2-7,10,15H,8-9H2,1H3,(H,16,17). The lowest BCUT2D eigenvalue weighted by atomic mass is 10.3. The summed E-state index contributed by atoms with van der Waals surface area (Å²) < 4.78 is 31.4. The summed E-state index contributed by atoms with van der Waals surface area (Å²) in [5, 5.41) is 4.37. The van der Waals surface area contributed by atoms with Crippen LogP contribution in [-0.4, -0.2) is 28.0 Å². The Hall–Kier alpha value is -1.90. The molecule has 2 N–H and O–H groups in total. The van der Waals surface area contributed by atoms with Gasteiger partial charge in [-0.2, -0.15) is 0 Å². The summed E-state index contributed by atoms with van der Waals surface area (Å²) in [6.45, 7) is 0.0439. The number of amides is 1. The van der Waals surface area contributed by atoms with E-state index in [1.165, 1.54) is 6.07 Å². The van der Waals surface area contributed by atoms with Gasteiger partial charge in [0.05, 0.1) is 7.11 Å². The van der Waals surface area contributed by atoms with E-state index in [2.05, 4.69) is 10.0 Å². The molecule has 0 saturated carbocycles. The second kappa shape index (κ2) is 7.39. The van der Waals surface area contributed by atoms with Crippen molar-refractivity contribution in [1.82, 2.24) is 4.72 Å². The maximum absolute atomic E-state index is 11.9. The van der Waals surface area contributed by atoms with Crippen molar-refractivity contribution < 1.29 is 17.9 Å². The highest BCUT2D eigenvalue weighted by atomic mass is 32.2. The van der Waals surface area contributed by atoms with Crippen LogP contribution >= 0.6 is 11.3 Å². The number of anilines is 1. The van der Waals surface area contributed by atoms with E-state index in [1.54, 1.807) is 42.8 Å². The molecule has 0 aliphatic rings. The number of thiophene rings is 1. The highest BCUT2D eigenvalue weighted by molar-refractivity contribution is 7.91. The van der Waals surface area contributed by atoms with Gasteiger partial charge in [0.1, 0.15) is 9.96 Å². The first-order chi connectivity index (χ1) is 10.5. The number of ether oxygens (including phenoxy) is 1. The molecule has 0 spiro atoms. The van der Waals surface area contributed by atoms with Gasteiger partial charge in [-0.3, -0.25) is 4.79 Å². The smallest absolute Gasteiger partial charge is 0.250 e. The highest BCUT2D eigenvalue weighted by Gasteiger charge is 2.14. The summed E-state index contributed by atoms with van der Waals surface area (Å²) in [6, 6.07) is 10.1. The van der Waals surface area contributed by atoms with E-state index in [0.29, 0.717) is 11.4 Å². The van der Waals surface area contributed by atoms with Crippen molar-refractivity contribution in [2.24, 2.45) is 0 Å². The third-order valence-corrected chi connectivity index (χ3v) is 5.64. The molecule has 1 aromatic heterocycles. The van der Waals surface area contributed by atoms with Crippen molar-refractivity contribution >= 4 is 33.0 Å². The van der Waals surface area contributed by atoms with Gasteiger partial charge >= 0.3 is 0 Å². The summed E-state index contributed by atoms with van der Waals surface area (Å²) in [4.78, 5) is 11.8. The van der Waals surface area contributed by atoms with Gasteiger partial charge in [-0.25, -0.2) is 13.1 Å². The van der Waals surface area contributed by atoms with Crippen molar-refractivity contribution in [3.8, 4) is 5.75 Å². The fraction of sp³-hybridized carbons (Fsp3) is 0.214. The van der Waals surface area contributed by atoms with E-state index in [1.807, 2.05) is 0 Å². The zero-order valence-electron chi connectivity index (χ0n) is 11.9. The largest absolute Gasteiger partial charge is 0.497 e. The summed E-state index contributed by atoms with van der Waals surface area (Å²) in [6.07, 6.45) is 0.0522. The van der Waals surface area contributed by atoms with E-state index in [0.717, 1.165) is 11.3 Å². The quantitative estimate of drug-likeness (QED) is 0.808. The third-order valence-electron chi connectivity index (χ3n) is 2.78. The van der Waals surface area contributed by atoms with Crippen LogP contribution in [0.3, 0.4) is 0 Å². The zero-order chi connectivity index (χ0) is 16.0. The van der Waals surface area contributed by atoms with Crippen LogP contribution < -0.4 is 14.8 Å². The molecule has 0 unspecified atom stereocenters. The summed E-state index contributed by atoms with van der Waals surface area (Å²) in [5.41, 5.74) is 0.631. The molecule has 1 amide bonds. The van der Waals surface area contributed by atoms with Gasteiger partial charge in [-0.1, -0.05) is 6.07 Å². The lowest BCUT2D eigenvalue weighted by Gasteiger charge is -2.07. The molecule has 1 aromatic carbocycles. The minimum atomic E-state index is -3.52. The van der Waals surface area contributed by atoms with E-state index in [-0.39, 0.29) is 23.1 Å². The summed E-state index contributed by atoms with van der Waals surface area (Å²) >= 11 is 1.13. The second-order valence-corrected chi connectivity index (χ2v) is 7.30. The predicted octanol–water partition coefficient (Wildman–Crippen LogP) is 2.06. The number of benzene rings is 1. The molecule has 0 aliphatic carbocycles. The van der Waals surface area contributed by atoms with Crippen LogP contribution in [0.1, 0.15) is 6.42 Å². The summed E-state index contributed by atoms with van der Waals surface area (Å²) in [7, 11) is -1.96. The van der Waals surface area contributed by atoms with Crippen molar-refractivity contribution in [2.45, 2.75) is 10.6 Å². The van der Waals surface area contributed by atoms with Crippen LogP contribution in [-0.2, 0) is 14.8 Å². The van der Waals surface area contributed by atoms with Crippen LogP contribution in [0.2, 0.25) is 0 Å². The van der Waals surface area contributed by atoms with Crippen LogP contribution in [0.15, 0.2) is 46.0 Å². The van der Waals surface area contributed by atoms with Crippen molar-refractivity contribution in [3.05, 3.63) is 41.8 Å². The third kappa shape index (κ3) is 4.55. The highest BCUT2D eigenvalue weighted by Crippen LogP contribution is 2.16. The van der Waals surface area contributed by atoms with Crippen LogP contribution in [0.4, 0.5) is 5.69 Å². The average Bonchev–Trinajstić information content (AvgIpc) is 3.03. The number of methoxy groups -OCH3 is 1. The Bertz CT molecular complexity index is 710. The van der Waals surface area contributed by atoms with Gasteiger partial charge in [-0.05, 0) is 35.7 Å². The topological polar surface area (TPSA) is 84.5 Å². The Morgan fingerprint density at radius 3 is 2.55 bits per heavy atom. The molecular weight excluding hydrogens is 324 g/mol. The average molecular weight is 340 g/mol. The molecule has 0 radical (unpaired) electrons. The normalized spacial score (nSPS) is 11.1. The van der Waals surface area contributed by atoms with Crippen molar-refractivity contribution in [1.29, 1.82) is 0 Å². The monoisotopic (exact) mass is 340 g/mol. The fourth-order valence-corrected chi connectivity index (χ4v) is 3.75. The zero-order valence-corrected chi connectivity index (χ0v) is 13.5. The van der Waals surface area contributed by atoms with E-state index >= 15 is 0 Å². The number of hydrogen-bond acceptors (Lipinski definition) is 5. The van der Waals surface area contributed by atoms with E-state index in [9.17, 15) is 13.2 Å². The van der Waals surface area contributed by atoms with Gasteiger partial charge < -0.3 is 10.1 Å². The SMILES string of the molecule is COc1ccc(NC(=O)CCNS(=O)(=O)c2cccs2)cc1. The Labute approximate surface area is 133 Å². The van der Waals surface area contributed by atoms with Crippen molar-refractivity contribution in [2.75, 3.05) is 19.0 Å². The Morgan fingerprint density at radius 2 is 1.95 bits per heavy atom. The van der Waals surface area contributed by atoms with Gasteiger partial charge in [0.25, 0.3) is 0 Å². The van der Waals surface area contributed by atoms with Crippen LogP contribution in [0.25, 0.3) is 0 Å². The molecule has 22 heavy (non-hydrogen) atoms. The molecule has 0 atom stereocenters. The first kappa shape index (κ1) is 16.5. The van der Waals surface area contributed by atoms with E-state index in [4.69, 9.17) is 4.74 Å². The Morgan fingerprint density at radius 1 is 1.23 bits per heavy atom. The number of hydrogen-bond donors (Lipinski definition) is 2. The number of carbonyl (C=O) groups is 1. The number of nitrogens with one attached hydrogen (secondary N) is 2. The molecule has 0 bridgehead atoms. The predicted molar refractivity (Wildman–Crippen MR) is 85.7 cm³/mol.